The molecule has 1 aliphatic heterocycles. The minimum Gasteiger partial charge on any atom is -0.505 e. The number of hydrogen-bond donors (Lipinski definition) is 2. The zero-order valence-corrected chi connectivity index (χ0v) is 12.9. The van der Waals surface area contributed by atoms with E-state index in [0.29, 0.717) is 5.75 Å². The van der Waals surface area contributed by atoms with E-state index in [-0.39, 0.29) is 6.10 Å². The Balaban J connectivity index is 1.99. The number of anilines is 1. The van der Waals surface area contributed by atoms with Crippen molar-refractivity contribution < 1.29 is 14.6 Å². The van der Waals surface area contributed by atoms with Crippen LogP contribution < -0.4 is 10.1 Å². The number of fused-ring (bicyclic) bond motifs is 1. The molecule has 3 rings (SSSR count). The molecular weight excluding hydrogens is 278 g/mol. The Morgan fingerprint density at radius 2 is 1.86 bits per heavy atom. The fourth-order valence-electron chi connectivity index (χ4n) is 2.98. The molecule has 2 aromatic rings. The Hall–Kier alpha value is -2.20. The van der Waals surface area contributed by atoms with Crippen LogP contribution in [0.15, 0.2) is 36.4 Å². The van der Waals surface area contributed by atoms with Crippen LogP contribution in [0.25, 0.3) is 0 Å². The molecule has 2 N–H and O–H groups in total. The van der Waals surface area contributed by atoms with Crippen LogP contribution >= 0.6 is 0 Å². The molecule has 1 unspecified atom stereocenters. The van der Waals surface area contributed by atoms with Gasteiger partial charge in [0.1, 0.15) is 17.6 Å². The summed E-state index contributed by atoms with van der Waals surface area (Å²) in [6.45, 7) is 0.893. The van der Waals surface area contributed by atoms with Gasteiger partial charge in [0.15, 0.2) is 0 Å². The van der Waals surface area contributed by atoms with Crippen molar-refractivity contribution in [3.8, 4) is 11.5 Å². The van der Waals surface area contributed by atoms with Gasteiger partial charge in [0.05, 0.1) is 12.8 Å². The van der Waals surface area contributed by atoms with Crippen LogP contribution in [0.2, 0.25) is 0 Å². The molecule has 4 nitrogen and oxygen atoms in total. The summed E-state index contributed by atoms with van der Waals surface area (Å²) in [6.07, 6.45) is 1.79. The fourth-order valence-corrected chi connectivity index (χ4v) is 2.98. The van der Waals surface area contributed by atoms with Crippen molar-refractivity contribution in [2.75, 3.05) is 26.1 Å². The first-order valence-electron chi connectivity index (χ1n) is 7.50. The number of hydrogen-bond acceptors (Lipinski definition) is 4. The molecule has 0 radical (unpaired) electrons. The first kappa shape index (κ1) is 14.7. The van der Waals surface area contributed by atoms with E-state index < -0.39 is 0 Å². The van der Waals surface area contributed by atoms with E-state index in [0.717, 1.165) is 47.5 Å². The van der Waals surface area contributed by atoms with Gasteiger partial charge in [-0.25, -0.2) is 0 Å². The number of phenols is 1. The van der Waals surface area contributed by atoms with E-state index in [1.165, 1.54) is 0 Å². The predicted octanol–water partition coefficient (Wildman–Crippen LogP) is 3.49. The largest absolute Gasteiger partial charge is 0.505 e. The second kappa shape index (κ2) is 6.28. The molecule has 22 heavy (non-hydrogen) atoms. The van der Waals surface area contributed by atoms with Gasteiger partial charge >= 0.3 is 0 Å². The van der Waals surface area contributed by atoms with E-state index >= 15 is 0 Å². The number of rotatable bonds is 4. The third-order valence-corrected chi connectivity index (χ3v) is 4.16. The fraction of sp³-hybridized carbons (Fsp3) is 0.333. The maximum atomic E-state index is 10.6. The molecule has 0 saturated heterocycles. The maximum Gasteiger partial charge on any atom is 0.145 e. The second-order valence-electron chi connectivity index (χ2n) is 5.46. The van der Waals surface area contributed by atoms with Crippen LogP contribution in [0, 0.1) is 0 Å². The summed E-state index contributed by atoms with van der Waals surface area (Å²) in [4.78, 5) is 0. The highest BCUT2D eigenvalue weighted by Gasteiger charge is 2.22. The molecule has 1 aliphatic rings. The number of aryl methyl sites for hydroxylation is 1. The molecule has 4 heteroatoms. The van der Waals surface area contributed by atoms with Gasteiger partial charge < -0.3 is 19.9 Å². The maximum absolute atomic E-state index is 10.6. The quantitative estimate of drug-likeness (QED) is 0.849. The normalized spacial score (nSPS) is 14.8. The Bertz CT molecular complexity index is 652. The van der Waals surface area contributed by atoms with Crippen molar-refractivity contribution in [2.45, 2.75) is 18.9 Å². The molecule has 0 aliphatic carbocycles. The molecule has 0 bridgehead atoms. The summed E-state index contributed by atoms with van der Waals surface area (Å²) >= 11 is 0. The molecule has 0 fully saturated rings. The SMILES string of the molecule is COc1ccc(C(OC)c2ccc3c(c2O)NCCC3)cc1. The molecule has 116 valence electrons. The summed E-state index contributed by atoms with van der Waals surface area (Å²) in [5, 5.41) is 13.9. The van der Waals surface area contributed by atoms with Crippen molar-refractivity contribution in [3.63, 3.8) is 0 Å². The van der Waals surface area contributed by atoms with Crippen molar-refractivity contribution in [3.05, 3.63) is 53.1 Å². The minimum atomic E-state index is -0.306. The highest BCUT2D eigenvalue weighted by molar-refractivity contribution is 5.66. The minimum absolute atomic E-state index is 0.292. The molecule has 0 saturated carbocycles. The van der Waals surface area contributed by atoms with Crippen LogP contribution in [-0.2, 0) is 11.2 Å². The summed E-state index contributed by atoms with van der Waals surface area (Å²) in [5.74, 6) is 1.09. The van der Waals surface area contributed by atoms with Crippen LogP contribution in [0.3, 0.4) is 0 Å². The Morgan fingerprint density at radius 3 is 2.55 bits per heavy atom. The predicted molar refractivity (Wildman–Crippen MR) is 86.8 cm³/mol. The highest BCUT2D eigenvalue weighted by atomic mass is 16.5. The smallest absolute Gasteiger partial charge is 0.145 e. The molecular formula is C18H21NO3. The molecule has 0 aromatic heterocycles. The van der Waals surface area contributed by atoms with E-state index in [2.05, 4.69) is 11.4 Å². The molecule has 1 atom stereocenters. The zero-order valence-electron chi connectivity index (χ0n) is 12.9. The first-order valence-corrected chi connectivity index (χ1v) is 7.50. The number of methoxy groups -OCH3 is 2. The molecule has 2 aromatic carbocycles. The van der Waals surface area contributed by atoms with Gasteiger partial charge in [0.2, 0.25) is 0 Å². The standard InChI is InChI=1S/C18H21NO3/c1-21-14-8-5-13(6-9-14)18(22-2)15-10-7-12-4-3-11-19-16(12)17(15)20/h5-10,18-20H,3-4,11H2,1-2H3. The van der Waals surface area contributed by atoms with E-state index in [1.807, 2.05) is 30.3 Å². The number of nitrogens with one attached hydrogen (secondary N) is 1. The van der Waals surface area contributed by atoms with Crippen molar-refractivity contribution in [1.29, 1.82) is 0 Å². The summed E-state index contributed by atoms with van der Waals surface area (Å²) < 4.78 is 10.8. The van der Waals surface area contributed by atoms with Crippen molar-refractivity contribution in [1.82, 2.24) is 0 Å². The summed E-state index contributed by atoms with van der Waals surface area (Å²) in [5.41, 5.74) is 3.77. The third kappa shape index (κ3) is 2.62. The van der Waals surface area contributed by atoms with Crippen LogP contribution in [0.1, 0.15) is 29.2 Å². The molecule has 0 amide bonds. The number of ether oxygens (including phenoxy) is 2. The molecule has 1 heterocycles. The van der Waals surface area contributed by atoms with Crippen LogP contribution in [0.4, 0.5) is 5.69 Å². The van der Waals surface area contributed by atoms with Gasteiger partial charge in [-0.15, -0.1) is 0 Å². The van der Waals surface area contributed by atoms with E-state index in [9.17, 15) is 5.11 Å². The van der Waals surface area contributed by atoms with E-state index in [1.54, 1.807) is 14.2 Å². The lowest BCUT2D eigenvalue weighted by Crippen LogP contribution is -2.13. The second-order valence-corrected chi connectivity index (χ2v) is 5.46. The van der Waals surface area contributed by atoms with Crippen LogP contribution in [0.5, 0.6) is 11.5 Å². The van der Waals surface area contributed by atoms with E-state index in [4.69, 9.17) is 9.47 Å². The lowest BCUT2D eigenvalue weighted by atomic mass is 9.94. The average Bonchev–Trinajstić information content (AvgIpc) is 2.58. The van der Waals surface area contributed by atoms with Gasteiger partial charge in [0.25, 0.3) is 0 Å². The topological polar surface area (TPSA) is 50.7 Å². The summed E-state index contributed by atoms with van der Waals surface area (Å²) in [7, 11) is 3.30. The lowest BCUT2D eigenvalue weighted by Gasteiger charge is -2.24. The highest BCUT2D eigenvalue weighted by Crippen LogP contribution is 2.40. The van der Waals surface area contributed by atoms with Crippen LogP contribution in [-0.4, -0.2) is 25.9 Å². The Kier molecular flexibility index (Phi) is 4.20. The van der Waals surface area contributed by atoms with Gasteiger partial charge in [-0.05, 0) is 36.1 Å². The Morgan fingerprint density at radius 1 is 1.09 bits per heavy atom. The van der Waals surface area contributed by atoms with Crippen molar-refractivity contribution >= 4 is 5.69 Å². The Labute approximate surface area is 130 Å². The van der Waals surface area contributed by atoms with Gasteiger partial charge in [0, 0.05) is 19.2 Å². The molecule has 0 spiro atoms. The average molecular weight is 299 g/mol. The number of benzene rings is 2. The lowest BCUT2D eigenvalue weighted by molar-refractivity contribution is 0.134. The van der Waals surface area contributed by atoms with Gasteiger partial charge in [-0.3, -0.25) is 0 Å². The van der Waals surface area contributed by atoms with Gasteiger partial charge in [-0.2, -0.15) is 0 Å². The third-order valence-electron chi connectivity index (χ3n) is 4.16. The number of aromatic hydroxyl groups is 1. The first-order chi connectivity index (χ1) is 10.7. The van der Waals surface area contributed by atoms with Crippen molar-refractivity contribution in [2.24, 2.45) is 0 Å². The van der Waals surface area contributed by atoms with Gasteiger partial charge in [-0.1, -0.05) is 24.3 Å². The number of phenolic OH excluding ortho intramolecular Hbond substituents is 1. The zero-order chi connectivity index (χ0) is 15.5. The monoisotopic (exact) mass is 299 g/mol. The summed E-state index contributed by atoms with van der Waals surface area (Å²) in [6, 6.07) is 11.7.